The highest BCUT2D eigenvalue weighted by Crippen LogP contribution is 2.33. The van der Waals surface area contributed by atoms with E-state index in [-0.39, 0.29) is 12.1 Å². The number of urea groups is 1. The number of nitrogens with one attached hydrogen (secondary N) is 1. The molecule has 0 bridgehead atoms. The molecule has 0 aromatic heterocycles. The molecule has 1 N–H and O–H groups in total. The van der Waals surface area contributed by atoms with Gasteiger partial charge in [0.25, 0.3) is 0 Å². The maximum absolute atomic E-state index is 13.6. The molecule has 2 atom stereocenters. The third-order valence-electron chi connectivity index (χ3n) is 7.94. The van der Waals surface area contributed by atoms with Gasteiger partial charge in [-0.05, 0) is 67.6 Å². The zero-order chi connectivity index (χ0) is 24.0. The van der Waals surface area contributed by atoms with Crippen molar-refractivity contribution in [2.24, 2.45) is 5.92 Å². The molecular formula is C30H38N4O. The van der Waals surface area contributed by atoms with Crippen molar-refractivity contribution in [1.82, 2.24) is 20.0 Å². The highest BCUT2D eigenvalue weighted by Gasteiger charge is 2.35. The van der Waals surface area contributed by atoms with Crippen LogP contribution in [0.15, 0.2) is 79.0 Å². The van der Waals surface area contributed by atoms with Gasteiger partial charge in [-0.25, -0.2) is 4.79 Å². The van der Waals surface area contributed by atoms with Gasteiger partial charge in [0.15, 0.2) is 0 Å². The Labute approximate surface area is 210 Å². The fraction of sp³-hybridized carbons (Fsp3) is 0.433. The number of benzene rings is 2. The maximum Gasteiger partial charge on any atom is 0.320 e. The third kappa shape index (κ3) is 5.62. The van der Waals surface area contributed by atoms with E-state index in [1.807, 2.05) is 7.05 Å². The number of allylic oxidation sites excluding steroid dienone is 2. The van der Waals surface area contributed by atoms with Crippen LogP contribution in [0, 0.1) is 5.92 Å². The fourth-order valence-electron chi connectivity index (χ4n) is 5.78. The summed E-state index contributed by atoms with van der Waals surface area (Å²) >= 11 is 0. The number of rotatable bonds is 5. The van der Waals surface area contributed by atoms with Crippen molar-refractivity contribution in [3.8, 4) is 0 Å². The van der Waals surface area contributed by atoms with Crippen LogP contribution in [0.5, 0.6) is 0 Å². The summed E-state index contributed by atoms with van der Waals surface area (Å²) in [7, 11) is 2.03. The van der Waals surface area contributed by atoms with Crippen molar-refractivity contribution in [3.63, 3.8) is 0 Å². The van der Waals surface area contributed by atoms with E-state index < -0.39 is 0 Å². The van der Waals surface area contributed by atoms with Gasteiger partial charge < -0.3 is 20.0 Å². The Bertz CT molecular complexity index is 1030. The van der Waals surface area contributed by atoms with E-state index >= 15 is 0 Å². The number of carbonyl (C=O) groups excluding carboxylic acids is 1. The van der Waals surface area contributed by atoms with Crippen molar-refractivity contribution < 1.29 is 4.79 Å². The molecule has 2 aromatic carbocycles. The monoisotopic (exact) mass is 470 g/mol. The largest absolute Gasteiger partial charge is 0.373 e. The minimum absolute atomic E-state index is 0.150. The Balaban J connectivity index is 1.14. The average Bonchev–Trinajstić information content (AvgIpc) is 2.94. The van der Waals surface area contributed by atoms with Crippen LogP contribution in [0.1, 0.15) is 42.9 Å². The molecule has 2 aromatic rings. The Kier molecular flexibility index (Phi) is 7.53. The van der Waals surface area contributed by atoms with Crippen LogP contribution in [0.3, 0.4) is 0 Å². The second-order valence-corrected chi connectivity index (χ2v) is 10.1. The fourth-order valence-corrected chi connectivity index (χ4v) is 5.78. The third-order valence-corrected chi connectivity index (χ3v) is 7.94. The van der Waals surface area contributed by atoms with Gasteiger partial charge in [-0.2, -0.15) is 0 Å². The zero-order valence-corrected chi connectivity index (χ0v) is 20.9. The Hall–Kier alpha value is -3.05. The zero-order valence-electron chi connectivity index (χ0n) is 20.9. The maximum atomic E-state index is 13.6. The smallest absolute Gasteiger partial charge is 0.320 e. The summed E-state index contributed by atoms with van der Waals surface area (Å²) in [4.78, 5) is 20.3. The minimum atomic E-state index is 0.150. The van der Waals surface area contributed by atoms with E-state index in [1.54, 1.807) is 0 Å². The first kappa shape index (κ1) is 23.7. The SMILES string of the molecule is CN[C@@H]1CCN(C(=O)N2CCC(CN3C=CC(c4ccccc4)=CC3)CC2)[C@H](c2ccccc2)C1. The van der Waals surface area contributed by atoms with Crippen LogP contribution in [-0.4, -0.2) is 66.5 Å². The van der Waals surface area contributed by atoms with Crippen molar-refractivity contribution in [1.29, 1.82) is 0 Å². The molecule has 0 radical (unpaired) electrons. The summed E-state index contributed by atoms with van der Waals surface area (Å²) in [5, 5.41) is 3.43. The van der Waals surface area contributed by atoms with Gasteiger partial charge in [-0.1, -0.05) is 66.7 Å². The van der Waals surface area contributed by atoms with Crippen molar-refractivity contribution in [2.75, 3.05) is 39.8 Å². The highest BCUT2D eigenvalue weighted by molar-refractivity contribution is 5.75. The lowest BCUT2D eigenvalue weighted by molar-refractivity contribution is 0.0910. The van der Waals surface area contributed by atoms with Crippen LogP contribution in [0.2, 0.25) is 0 Å². The van der Waals surface area contributed by atoms with E-state index in [2.05, 4.69) is 99.0 Å². The van der Waals surface area contributed by atoms with Crippen LogP contribution in [-0.2, 0) is 0 Å². The number of likely N-dealkylation sites (tertiary alicyclic amines) is 2. The van der Waals surface area contributed by atoms with Gasteiger partial charge in [0.2, 0.25) is 0 Å². The van der Waals surface area contributed by atoms with Crippen molar-refractivity contribution in [2.45, 2.75) is 37.8 Å². The lowest BCUT2D eigenvalue weighted by Gasteiger charge is -2.43. The average molecular weight is 471 g/mol. The molecule has 5 rings (SSSR count). The van der Waals surface area contributed by atoms with Gasteiger partial charge >= 0.3 is 6.03 Å². The predicted octanol–water partition coefficient (Wildman–Crippen LogP) is 5.16. The standard InChI is InChI=1S/C30H38N4O/c1-31-28-16-21-34(29(22-28)27-10-6-3-7-11-27)30(35)33-19-12-24(13-20-33)23-32-17-14-26(15-18-32)25-8-4-2-5-9-25/h2-11,14-15,17,24,28-29,31H,12-13,16,18-23H2,1H3/t28-,29+/m1/s1. The van der Waals surface area contributed by atoms with Gasteiger partial charge in [0, 0.05) is 38.8 Å². The van der Waals surface area contributed by atoms with E-state index in [0.717, 1.165) is 58.4 Å². The lowest BCUT2D eigenvalue weighted by Crippen LogP contribution is -2.52. The molecule has 2 fully saturated rings. The van der Waals surface area contributed by atoms with Crippen LogP contribution < -0.4 is 5.32 Å². The molecule has 3 aliphatic rings. The van der Waals surface area contributed by atoms with Crippen molar-refractivity contribution >= 4 is 11.6 Å². The normalized spacial score (nSPS) is 23.3. The number of amides is 2. The van der Waals surface area contributed by atoms with Gasteiger partial charge in [-0.15, -0.1) is 0 Å². The second-order valence-electron chi connectivity index (χ2n) is 10.1. The van der Waals surface area contributed by atoms with Crippen LogP contribution in [0.4, 0.5) is 4.79 Å². The number of hydrogen-bond acceptors (Lipinski definition) is 3. The Morgan fingerprint density at radius 2 is 1.66 bits per heavy atom. The molecule has 0 saturated carbocycles. The first-order chi connectivity index (χ1) is 17.2. The molecule has 0 spiro atoms. The van der Waals surface area contributed by atoms with E-state index in [1.165, 1.54) is 16.7 Å². The molecule has 2 saturated heterocycles. The molecule has 3 heterocycles. The Morgan fingerprint density at radius 1 is 0.943 bits per heavy atom. The summed E-state index contributed by atoms with van der Waals surface area (Å²) in [6, 6.07) is 22.0. The lowest BCUT2D eigenvalue weighted by atomic mass is 9.91. The number of hydrogen-bond donors (Lipinski definition) is 1. The molecule has 3 aliphatic heterocycles. The molecule has 2 amide bonds. The summed E-state index contributed by atoms with van der Waals surface area (Å²) < 4.78 is 0. The highest BCUT2D eigenvalue weighted by atomic mass is 16.2. The summed E-state index contributed by atoms with van der Waals surface area (Å²) in [6.07, 6.45) is 11.0. The first-order valence-corrected chi connectivity index (χ1v) is 13.2. The van der Waals surface area contributed by atoms with Crippen LogP contribution >= 0.6 is 0 Å². The molecule has 0 aliphatic carbocycles. The molecular weight excluding hydrogens is 432 g/mol. The molecule has 184 valence electrons. The van der Waals surface area contributed by atoms with E-state index in [9.17, 15) is 4.79 Å². The first-order valence-electron chi connectivity index (χ1n) is 13.2. The molecule has 0 unspecified atom stereocenters. The van der Waals surface area contributed by atoms with Crippen LogP contribution in [0.25, 0.3) is 5.57 Å². The van der Waals surface area contributed by atoms with Crippen molar-refractivity contribution in [3.05, 3.63) is 90.1 Å². The number of piperidine rings is 2. The predicted molar refractivity (Wildman–Crippen MR) is 143 cm³/mol. The van der Waals surface area contributed by atoms with Gasteiger partial charge in [0.1, 0.15) is 0 Å². The molecule has 5 nitrogen and oxygen atoms in total. The van der Waals surface area contributed by atoms with Gasteiger partial charge in [-0.3, -0.25) is 0 Å². The number of nitrogens with zero attached hydrogens (tertiary/aromatic N) is 3. The van der Waals surface area contributed by atoms with Gasteiger partial charge in [0.05, 0.1) is 6.04 Å². The van der Waals surface area contributed by atoms with E-state index in [0.29, 0.717) is 12.0 Å². The van der Waals surface area contributed by atoms with E-state index in [4.69, 9.17) is 0 Å². The summed E-state index contributed by atoms with van der Waals surface area (Å²) in [6.45, 7) is 4.56. The molecule has 5 heteroatoms. The topological polar surface area (TPSA) is 38.8 Å². The summed E-state index contributed by atoms with van der Waals surface area (Å²) in [5.74, 6) is 0.635. The quantitative estimate of drug-likeness (QED) is 0.656. The second kappa shape index (κ2) is 11.1. The minimum Gasteiger partial charge on any atom is -0.373 e. The summed E-state index contributed by atoms with van der Waals surface area (Å²) in [5.41, 5.74) is 3.83. The number of carbonyl (C=O) groups is 1. The Morgan fingerprint density at radius 3 is 2.31 bits per heavy atom. The molecule has 35 heavy (non-hydrogen) atoms.